The third-order valence-corrected chi connectivity index (χ3v) is 3.92. The van der Waals surface area contributed by atoms with E-state index in [9.17, 15) is 14.0 Å². The number of carboxylic acid groups (broad SMARTS) is 1. The normalized spacial score (nSPS) is 19.7. The van der Waals surface area contributed by atoms with Crippen LogP contribution in [0, 0.1) is 11.7 Å². The molecule has 2 atom stereocenters. The minimum atomic E-state index is -1.06. The maximum absolute atomic E-state index is 13.6. The molecule has 22 heavy (non-hydrogen) atoms. The standard InChI is InChI=1S/C16H20FNO4/c1-11(6-7-12-4-2-3-5-13(12)17)15(19)18-8-9-22-10-14(18)16(20)21/h2-5,11,14H,6-10H2,1H3,(H,20,21)/t11-,14-/m1/s1. The van der Waals surface area contributed by atoms with E-state index in [-0.39, 0.29) is 30.8 Å². The van der Waals surface area contributed by atoms with E-state index in [1.807, 2.05) is 0 Å². The number of halogens is 1. The molecule has 5 nitrogen and oxygen atoms in total. The lowest BCUT2D eigenvalue weighted by atomic mass is 9.98. The number of carbonyl (C=O) groups is 2. The Kier molecular flexibility index (Phi) is 5.49. The lowest BCUT2D eigenvalue weighted by Gasteiger charge is -2.34. The molecule has 1 N–H and O–H groups in total. The second-order valence-electron chi connectivity index (χ2n) is 5.49. The van der Waals surface area contributed by atoms with Crippen LogP contribution in [0.5, 0.6) is 0 Å². The third-order valence-electron chi connectivity index (χ3n) is 3.92. The first-order chi connectivity index (χ1) is 10.5. The molecule has 0 spiro atoms. The topological polar surface area (TPSA) is 66.8 Å². The number of benzene rings is 1. The summed E-state index contributed by atoms with van der Waals surface area (Å²) < 4.78 is 18.7. The van der Waals surface area contributed by atoms with Gasteiger partial charge in [-0.25, -0.2) is 9.18 Å². The van der Waals surface area contributed by atoms with Crippen LogP contribution < -0.4 is 0 Å². The van der Waals surface area contributed by atoms with E-state index in [1.54, 1.807) is 25.1 Å². The Morgan fingerprint density at radius 1 is 1.45 bits per heavy atom. The average molecular weight is 309 g/mol. The monoisotopic (exact) mass is 309 g/mol. The molecule has 0 aliphatic carbocycles. The van der Waals surface area contributed by atoms with Crippen LogP contribution in [0.3, 0.4) is 0 Å². The Hall–Kier alpha value is -1.95. The summed E-state index contributed by atoms with van der Waals surface area (Å²) in [5.41, 5.74) is 0.568. The van der Waals surface area contributed by atoms with Crippen molar-refractivity contribution in [1.82, 2.24) is 4.90 Å². The molecule has 0 radical (unpaired) electrons. The molecule has 0 saturated carbocycles. The molecule has 1 aliphatic rings. The zero-order chi connectivity index (χ0) is 16.1. The summed E-state index contributed by atoms with van der Waals surface area (Å²) in [6.45, 7) is 2.38. The molecule has 1 aliphatic heterocycles. The van der Waals surface area contributed by atoms with Crippen LogP contribution in [0.1, 0.15) is 18.9 Å². The van der Waals surface area contributed by atoms with Gasteiger partial charge in [0, 0.05) is 12.5 Å². The Morgan fingerprint density at radius 3 is 2.86 bits per heavy atom. The Bertz CT molecular complexity index is 549. The van der Waals surface area contributed by atoms with E-state index in [0.29, 0.717) is 25.0 Å². The van der Waals surface area contributed by atoms with Crippen molar-refractivity contribution in [2.24, 2.45) is 5.92 Å². The highest BCUT2D eigenvalue weighted by molar-refractivity contribution is 5.85. The van der Waals surface area contributed by atoms with Crippen molar-refractivity contribution in [3.8, 4) is 0 Å². The molecule has 120 valence electrons. The van der Waals surface area contributed by atoms with Crippen LogP contribution in [-0.2, 0) is 20.7 Å². The van der Waals surface area contributed by atoms with Crippen LogP contribution >= 0.6 is 0 Å². The number of morpholine rings is 1. The summed E-state index contributed by atoms with van der Waals surface area (Å²) in [6, 6.07) is 5.54. The molecule has 0 aromatic heterocycles. The summed E-state index contributed by atoms with van der Waals surface area (Å²) in [5, 5.41) is 9.16. The molecule has 0 bridgehead atoms. The van der Waals surface area contributed by atoms with Crippen LogP contribution in [0.15, 0.2) is 24.3 Å². The van der Waals surface area contributed by atoms with E-state index in [0.717, 1.165) is 0 Å². The van der Waals surface area contributed by atoms with E-state index in [1.165, 1.54) is 11.0 Å². The second-order valence-corrected chi connectivity index (χ2v) is 5.49. The van der Waals surface area contributed by atoms with Gasteiger partial charge in [0.25, 0.3) is 0 Å². The first-order valence-electron chi connectivity index (χ1n) is 7.35. The minimum absolute atomic E-state index is 0.0150. The highest BCUT2D eigenvalue weighted by Crippen LogP contribution is 2.18. The first kappa shape index (κ1) is 16.4. The molecule has 1 amide bonds. The van der Waals surface area contributed by atoms with Crippen molar-refractivity contribution in [2.45, 2.75) is 25.8 Å². The van der Waals surface area contributed by atoms with Crippen molar-refractivity contribution in [2.75, 3.05) is 19.8 Å². The van der Waals surface area contributed by atoms with Crippen LogP contribution in [0.4, 0.5) is 4.39 Å². The van der Waals surface area contributed by atoms with Gasteiger partial charge >= 0.3 is 5.97 Å². The average Bonchev–Trinajstić information content (AvgIpc) is 2.53. The Labute approximate surface area is 128 Å². The number of hydrogen-bond donors (Lipinski definition) is 1. The largest absolute Gasteiger partial charge is 0.480 e. The molecule has 2 rings (SSSR count). The summed E-state index contributed by atoms with van der Waals surface area (Å²) in [5.74, 6) is -1.92. The maximum Gasteiger partial charge on any atom is 0.328 e. The smallest absolute Gasteiger partial charge is 0.328 e. The number of carboxylic acids is 1. The summed E-state index contributed by atoms with van der Waals surface area (Å²) in [6.07, 6.45) is 0.922. The number of nitrogens with zero attached hydrogens (tertiary/aromatic N) is 1. The highest BCUT2D eigenvalue weighted by atomic mass is 19.1. The third kappa shape index (κ3) is 3.82. The maximum atomic E-state index is 13.6. The molecule has 1 aromatic carbocycles. The van der Waals surface area contributed by atoms with E-state index in [2.05, 4.69) is 0 Å². The van der Waals surface area contributed by atoms with Gasteiger partial charge in [-0.05, 0) is 24.5 Å². The van der Waals surface area contributed by atoms with Crippen molar-refractivity contribution < 1.29 is 23.8 Å². The van der Waals surface area contributed by atoms with Gasteiger partial charge in [-0.1, -0.05) is 25.1 Å². The molecule has 1 heterocycles. The van der Waals surface area contributed by atoms with E-state index < -0.39 is 12.0 Å². The van der Waals surface area contributed by atoms with Crippen LogP contribution in [0.25, 0.3) is 0 Å². The number of aryl methyl sites for hydroxylation is 1. The molecule has 1 saturated heterocycles. The zero-order valence-electron chi connectivity index (χ0n) is 12.5. The van der Waals surface area contributed by atoms with Gasteiger partial charge in [-0.15, -0.1) is 0 Å². The zero-order valence-corrected chi connectivity index (χ0v) is 12.5. The fourth-order valence-corrected chi connectivity index (χ4v) is 2.55. The summed E-state index contributed by atoms with van der Waals surface area (Å²) >= 11 is 0. The van der Waals surface area contributed by atoms with E-state index >= 15 is 0 Å². The van der Waals surface area contributed by atoms with E-state index in [4.69, 9.17) is 9.84 Å². The van der Waals surface area contributed by atoms with Gasteiger partial charge < -0.3 is 14.7 Å². The van der Waals surface area contributed by atoms with Crippen molar-refractivity contribution in [1.29, 1.82) is 0 Å². The predicted octanol–water partition coefficient (Wildman–Crippen LogP) is 1.71. The molecule has 0 unspecified atom stereocenters. The quantitative estimate of drug-likeness (QED) is 0.899. The molecular weight excluding hydrogens is 289 g/mol. The van der Waals surface area contributed by atoms with Crippen LogP contribution in [0.2, 0.25) is 0 Å². The fourth-order valence-electron chi connectivity index (χ4n) is 2.55. The highest BCUT2D eigenvalue weighted by Gasteiger charge is 2.34. The predicted molar refractivity (Wildman–Crippen MR) is 77.8 cm³/mol. The van der Waals surface area contributed by atoms with Crippen molar-refractivity contribution in [3.05, 3.63) is 35.6 Å². The van der Waals surface area contributed by atoms with Gasteiger partial charge in [0.1, 0.15) is 5.82 Å². The number of ether oxygens (including phenoxy) is 1. The van der Waals surface area contributed by atoms with Gasteiger partial charge in [-0.2, -0.15) is 0 Å². The summed E-state index contributed by atoms with van der Waals surface area (Å²) in [4.78, 5) is 25.0. The second kappa shape index (κ2) is 7.35. The number of carbonyl (C=O) groups excluding carboxylic acids is 1. The van der Waals surface area contributed by atoms with Gasteiger partial charge in [0.15, 0.2) is 6.04 Å². The van der Waals surface area contributed by atoms with Gasteiger partial charge in [-0.3, -0.25) is 4.79 Å². The molecule has 1 fully saturated rings. The number of rotatable bonds is 5. The van der Waals surface area contributed by atoms with Gasteiger partial charge in [0.05, 0.1) is 13.2 Å². The molecule has 1 aromatic rings. The number of hydrogen-bond acceptors (Lipinski definition) is 3. The number of amides is 1. The molecular formula is C16H20FNO4. The number of aliphatic carboxylic acids is 1. The van der Waals surface area contributed by atoms with Crippen LogP contribution in [-0.4, -0.2) is 47.7 Å². The first-order valence-corrected chi connectivity index (χ1v) is 7.35. The minimum Gasteiger partial charge on any atom is -0.480 e. The fraction of sp³-hybridized carbons (Fsp3) is 0.500. The summed E-state index contributed by atoms with van der Waals surface area (Å²) in [7, 11) is 0. The molecule has 6 heteroatoms. The Balaban J connectivity index is 1.96. The SMILES string of the molecule is C[C@H](CCc1ccccc1F)C(=O)N1CCOC[C@@H]1C(=O)O. The van der Waals surface area contributed by atoms with Gasteiger partial charge in [0.2, 0.25) is 5.91 Å². The Morgan fingerprint density at radius 2 is 2.18 bits per heavy atom. The van der Waals surface area contributed by atoms with Crippen molar-refractivity contribution in [3.63, 3.8) is 0 Å². The van der Waals surface area contributed by atoms with Crippen molar-refractivity contribution >= 4 is 11.9 Å². The lowest BCUT2D eigenvalue weighted by Crippen LogP contribution is -2.54. The lowest BCUT2D eigenvalue weighted by molar-refractivity contribution is -0.160.